The fourth-order valence-corrected chi connectivity index (χ4v) is 9.67. The van der Waals surface area contributed by atoms with E-state index in [1.807, 2.05) is 47.6 Å². The van der Waals surface area contributed by atoms with Gasteiger partial charge in [0.25, 0.3) is 5.91 Å². The summed E-state index contributed by atoms with van der Waals surface area (Å²) in [7, 11) is 0. The molecule has 0 atom stereocenters. The number of nitrogens with zero attached hydrogens (tertiary/aromatic N) is 1. The van der Waals surface area contributed by atoms with Gasteiger partial charge in [-0.25, -0.2) is 0 Å². The van der Waals surface area contributed by atoms with E-state index >= 15 is 0 Å². The molecule has 3 aromatic rings. The topological polar surface area (TPSA) is 123 Å². The summed E-state index contributed by atoms with van der Waals surface area (Å²) in [6, 6.07) is 8.53. The van der Waals surface area contributed by atoms with Crippen LogP contribution in [0.3, 0.4) is 0 Å². The van der Waals surface area contributed by atoms with E-state index in [2.05, 4.69) is 60.4 Å². The van der Waals surface area contributed by atoms with Crippen molar-refractivity contribution in [1.29, 1.82) is 5.26 Å². The van der Waals surface area contributed by atoms with Gasteiger partial charge in [0.1, 0.15) is 22.1 Å². The number of amides is 1. The van der Waals surface area contributed by atoms with E-state index in [-0.39, 0.29) is 36.5 Å². The molecule has 5 rings (SSSR count). The Morgan fingerprint density at radius 3 is 1.52 bits per heavy atom. The third-order valence-corrected chi connectivity index (χ3v) is 14.4. The molecule has 63 heavy (non-hydrogen) atoms. The maximum absolute atomic E-state index is 13.0. The van der Waals surface area contributed by atoms with Gasteiger partial charge in [-0.05, 0) is 136 Å². The molecule has 0 unspecified atom stereocenters. The third-order valence-electron chi connectivity index (χ3n) is 11.5. The molecule has 1 N–H and O–H groups in total. The first kappa shape index (κ1) is 53.5. The minimum atomic E-state index is -0.469. The molecule has 0 radical (unpaired) electrons. The van der Waals surface area contributed by atoms with Crippen molar-refractivity contribution in [3.8, 4) is 6.07 Å². The zero-order valence-electron chi connectivity index (χ0n) is 39.7. The molecule has 0 fully saturated rings. The highest BCUT2D eigenvalue weighted by Gasteiger charge is 2.41. The average Bonchev–Trinajstić information content (AvgIpc) is 4.11. The van der Waals surface area contributed by atoms with Gasteiger partial charge in [0.05, 0.1) is 34.6 Å². The molecule has 0 bridgehead atoms. The number of nitrogens with one attached hydrogen (secondary N) is 1. The molecule has 4 heterocycles. The highest BCUT2D eigenvalue weighted by atomic mass is 32.1. The minimum Gasteiger partial charge on any atom is -0.460 e. The van der Waals surface area contributed by atoms with E-state index in [1.54, 1.807) is 34.0 Å². The molecule has 1 aliphatic carbocycles. The number of allylic oxidation sites excluding steroid dienone is 1. The number of aryl methyl sites for hydroxylation is 3. The average molecular weight is 919 g/mol. The Bertz CT molecular complexity index is 1920. The maximum atomic E-state index is 13.0. The van der Waals surface area contributed by atoms with Crippen LogP contribution in [0.25, 0.3) is 11.3 Å². The number of hydrogen-bond donors (Lipinski definition) is 1. The number of rotatable bonds is 24. The molecule has 11 heteroatoms. The van der Waals surface area contributed by atoms with Crippen LogP contribution in [0.2, 0.25) is 0 Å². The van der Waals surface area contributed by atoms with Crippen LogP contribution in [0.5, 0.6) is 0 Å². The Kier molecular flexibility index (Phi) is 23.3. The van der Waals surface area contributed by atoms with Crippen LogP contribution in [0, 0.1) is 11.3 Å². The molecule has 346 valence electrons. The Balaban J connectivity index is 0.000000287. The molecule has 2 aliphatic rings. The summed E-state index contributed by atoms with van der Waals surface area (Å²) in [6.07, 6.45) is 20.4. The molecule has 0 aromatic carbocycles. The molecule has 1 amide bonds. The number of unbranched alkanes of at least 4 members (excludes halogenated alkanes) is 9. The predicted octanol–water partition coefficient (Wildman–Crippen LogP) is 14.3. The number of fused-ring (bicyclic) bond motifs is 1. The van der Waals surface area contributed by atoms with Crippen LogP contribution in [-0.4, -0.2) is 34.8 Å². The van der Waals surface area contributed by atoms with Gasteiger partial charge < -0.3 is 14.8 Å². The van der Waals surface area contributed by atoms with Crippen molar-refractivity contribution < 1.29 is 28.7 Å². The molecular weight excluding hydrogens is 845 g/mol. The van der Waals surface area contributed by atoms with E-state index in [4.69, 9.17) is 14.7 Å². The lowest BCUT2D eigenvalue weighted by Crippen LogP contribution is -2.29. The highest BCUT2D eigenvalue weighted by Crippen LogP contribution is 2.44. The van der Waals surface area contributed by atoms with Crippen molar-refractivity contribution in [3.63, 3.8) is 0 Å². The smallest absolute Gasteiger partial charge is 0.306 e. The largest absolute Gasteiger partial charge is 0.460 e. The van der Waals surface area contributed by atoms with Crippen molar-refractivity contribution in [1.82, 2.24) is 5.32 Å². The number of ether oxygens (including phenoxy) is 2. The number of carbonyl (C=O) groups is 4. The Labute approximate surface area is 391 Å². The number of ketones is 1. The van der Waals surface area contributed by atoms with Gasteiger partial charge in [0.15, 0.2) is 5.78 Å². The standard InChI is InChI=1S/C27H33NO2S2.C14H26O4.C11H15NS/c1-3-5-7-9-11-18-13-22(31-16-18)20-15-21(29)25-24(20)27(30)28-26(25)23-14-19(17-32-23)12-10-8-6-4-2;1-7-13(3,4)17-11(15)9-10-12(16)18-14(5,6)8-2;1-2-3-4-5-6-10-7-11(8-12)13-9-10/h13-14,16-17H,3-12,15H2,1-2H3,(H,28,30);7-10H2,1-6H3;7,9H,2-6H2,1H3. The lowest BCUT2D eigenvalue weighted by Gasteiger charge is -2.24. The first-order chi connectivity index (χ1) is 30.1. The minimum absolute atomic E-state index is 0.0686. The summed E-state index contributed by atoms with van der Waals surface area (Å²) in [6.45, 7) is 18.0. The van der Waals surface area contributed by atoms with Crippen LogP contribution in [0.4, 0.5) is 0 Å². The number of hydrogen-bond acceptors (Lipinski definition) is 10. The van der Waals surface area contributed by atoms with Crippen molar-refractivity contribution in [2.75, 3.05) is 0 Å². The van der Waals surface area contributed by atoms with Crippen LogP contribution in [0.15, 0.2) is 45.5 Å². The summed E-state index contributed by atoms with van der Waals surface area (Å²) in [4.78, 5) is 51.9. The molecule has 0 saturated carbocycles. The number of thiophene rings is 3. The van der Waals surface area contributed by atoms with E-state index in [9.17, 15) is 19.2 Å². The second-order valence-corrected chi connectivity index (χ2v) is 20.6. The van der Waals surface area contributed by atoms with E-state index in [0.717, 1.165) is 58.0 Å². The summed E-state index contributed by atoms with van der Waals surface area (Å²) >= 11 is 4.85. The second kappa shape index (κ2) is 27.5. The highest BCUT2D eigenvalue weighted by molar-refractivity contribution is 7.12. The second-order valence-electron chi connectivity index (χ2n) is 17.8. The number of esters is 2. The number of carbonyl (C=O) groups excluding carboxylic acids is 4. The lowest BCUT2D eigenvalue weighted by molar-refractivity contribution is -0.164. The predicted molar refractivity (Wildman–Crippen MR) is 263 cm³/mol. The molecule has 0 saturated heterocycles. The van der Waals surface area contributed by atoms with Gasteiger partial charge in [0.2, 0.25) is 0 Å². The molecule has 0 spiro atoms. The Hall–Kier alpha value is -3.85. The van der Waals surface area contributed by atoms with Gasteiger partial charge in [-0.3, -0.25) is 19.2 Å². The number of nitriles is 1. The SMILES string of the molecule is CCC(C)(C)OC(=O)CCC(=O)OC(C)(C)CC.CCCCCCc1csc(C#N)c1.CCCCCCc1csc(C2=C3C(=O)NC(c4cc(CCCCCC)cs4)=C3C(=O)C2)c1. The normalized spacial score (nSPS) is 13.5. The van der Waals surface area contributed by atoms with Crippen molar-refractivity contribution >= 4 is 68.9 Å². The maximum Gasteiger partial charge on any atom is 0.306 e. The van der Waals surface area contributed by atoms with Crippen molar-refractivity contribution in [2.24, 2.45) is 0 Å². The number of Topliss-reactive ketones (excluding diaryl/α,β-unsaturated/α-hetero) is 1. The summed E-state index contributed by atoms with van der Waals surface area (Å²) in [5, 5.41) is 18.1. The van der Waals surface area contributed by atoms with Crippen LogP contribution >= 0.6 is 34.0 Å². The van der Waals surface area contributed by atoms with Crippen LogP contribution in [0.1, 0.15) is 203 Å². The fourth-order valence-electron chi connectivity index (χ4n) is 6.98. The summed E-state index contributed by atoms with van der Waals surface area (Å²) in [5.41, 5.74) is 5.89. The van der Waals surface area contributed by atoms with E-state index in [0.29, 0.717) is 17.6 Å². The van der Waals surface area contributed by atoms with Gasteiger partial charge in [0, 0.05) is 11.3 Å². The molecule has 8 nitrogen and oxygen atoms in total. The van der Waals surface area contributed by atoms with Crippen LogP contribution in [-0.2, 0) is 47.9 Å². The molecular formula is C52H74N2O6S3. The first-order valence-corrected chi connectivity index (χ1v) is 26.1. The Morgan fingerprint density at radius 2 is 1.08 bits per heavy atom. The quantitative estimate of drug-likeness (QED) is 0.0701. The summed E-state index contributed by atoms with van der Waals surface area (Å²) in [5.74, 6) is -0.757. The fraction of sp³-hybridized carbons (Fsp3) is 0.596. The summed E-state index contributed by atoms with van der Waals surface area (Å²) < 4.78 is 10.5. The lowest BCUT2D eigenvalue weighted by atomic mass is 10.0. The molecule has 1 aliphatic heterocycles. The van der Waals surface area contributed by atoms with Gasteiger partial charge in [-0.15, -0.1) is 34.0 Å². The zero-order chi connectivity index (χ0) is 46.4. The molecule has 3 aromatic heterocycles. The van der Waals surface area contributed by atoms with Gasteiger partial charge in [-0.2, -0.15) is 5.26 Å². The zero-order valence-corrected chi connectivity index (χ0v) is 42.2. The Morgan fingerprint density at radius 1 is 0.635 bits per heavy atom. The van der Waals surface area contributed by atoms with Crippen LogP contribution < -0.4 is 5.32 Å². The van der Waals surface area contributed by atoms with Crippen molar-refractivity contribution in [3.05, 3.63) is 76.8 Å². The van der Waals surface area contributed by atoms with Gasteiger partial charge in [-0.1, -0.05) is 92.4 Å². The van der Waals surface area contributed by atoms with E-state index in [1.165, 1.54) is 93.7 Å². The first-order valence-electron chi connectivity index (χ1n) is 23.5. The monoisotopic (exact) mass is 918 g/mol. The van der Waals surface area contributed by atoms with E-state index < -0.39 is 11.2 Å². The van der Waals surface area contributed by atoms with Crippen molar-refractivity contribution in [2.45, 2.75) is 202 Å². The third kappa shape index (κ3) is 18.3. The van der Waals surface area contributed by atoms with Gasteiger partial charge >= 0.3 is 11.9 Å².